The number of hydrogen-bond acceptors (Lipinski definition) is 3. The molecule has 0 aliphatic rings. The molecule has 54 heavy (non-hydrogen) atoms. The van der Waals surface area contributed by atoms with Gasteiger partial charge in [-0.25, -0.2) is 9.97 Å². The van der Waals surface area contributed by atoms with Gasteiger partial charge in [0, 0.05) is 43.4 Å². The molecular weight excluding hydrogens is 659 g/mol. The van der Waals surface area contributed by atoms with Gasteiger partial charge in [-0.3, -0.25) is 4.57 Å². The van der Waals surface area contributed by atoms with Crippen LogP contribution in [0, 0.1) is 0 Å². The third-order valence-corrected chi connectivity index (χ3v) is 11.2. The van der Waals surface area contributed by atoms with Gasteiger partial charge in [-0.05, 0) is 56.8 Å². The Morgan fingerprint density at radius 3 is 1.91 bits per heavy atom. The summed E-state index contributed by atoms with van der Waals surface area (Å²) in [5.74, 6) is 0.640. The van der Waals surface area contributed by atoms with E-state index < -0.39 is 0 Å². The molecule has 0 radical (unpaired) electrons. The molecule has 12 rings (SSSR count). The van der Waals surface area contributed by atoms with Gasteiger partial charge in [-0.15, -0.1) is 0 Å². The molecule has 0 atom stereocenters. The van der Waals surface area contributed by atoms with Gasteiger partial charge in [-0.1, -0.05) is 152 Å². The van der Waals surface area contributed by atoms with Gasteiger partial charge in [-0.2, -0.15) is 0 Å². The molecule has 9 aromatic carbocycles. The van der Waals surface area contributed by atoms with E-state index in [1.165, 1.54) is 32.3 Å². The number of fused-ring (bicyclic) bond motifs is 14. The fourth-order valence-corrected chi connectivity index (χ4v) is 8.85. The van der Waals surface area contributed by atoms with Crippen LogP contribution in [0.5, 0.6) is 0 Å². The molecule has 3 heterocycles. The van der Waals surface area contributed by atoms with E-state index in [-0.39, 0.29) is 0 Å². The molecule has 0 aliphatic heterocycles. The Morgan fingerprint density at radius 2 is 1.06 bits per heavy atom. The summed E-state index contributed by atoms with van der Waals surface area (Å²) in [5.41, 5.74) is 9.01. The average Bonchev–Trinajstić information content (AvgIpc) is 3.80. The molecule has 0 N–H and O–H groups in total. The maximum atomic E-state index is 6.45. The van der Waals surface area contributed by atoms with Crippen molar-refractivity contribution in [3.8, 4) is 28.3 Å². The van der Waals surface area contributed by atoms with Crippen LogP contribution in [0.3, 0.4) is 0 Å². The molecule has 0 fully saturated rings. The molecule has 4 heteroatoms. The molecule has 0 unspecified atom stereocenters. The average molecular weight is 688 g/mol. The number of aromatic nitrogens is 3. The van der Waals surface area contributed by atoms with Crippen LogP contribution in [-0.4, -0.2) is 14.5 Å². The first-order valence-electron chi connectivity index (χ1n) is 18.3. The highest BCUT2D eigenvalue weighted by molar-refractivity contribution is 6.33. The van der Waals surface area contributed by atoms with E-state index >= 15 is 0 Å². The van der Waals surface area contributed by atoms with Crippen molar-refractivity contribution in [1.29, 1.82) is 0 Å². The molecule has 0 saturated carbocycles. The molecule has 250 valence electrons. The zero-order valence-corrected chi connectivity index (χ0v) is 29.0. The zero-order chi connectivity index (χ0) is 35.3. The maximum Gasteiger partial charge on any atom is 0.235 e. The number of para-hydroxylation sites is 2. The van der Waals surface area contributed by atoms with Crippen LogP contribution in [0.2, 0.25) is 0 Å². The summed E-state index contributed by atoms with van der Waals surface area (Å²) in [4.78, 5) is 10.9. The van der Waals surface area contributed by atoms with E-state index in [1.807, 2.05) is 6.07 Å². The van der Waals surface area contributed by atoms with E-state index in [0.717, 1.165) is 77.0 Å². The van der Waals surface area contributed by atoms with Crippen molar-refractivity contribution >= 4 is 87.0 Å². The van der Waals surface area contributed by atoms with Crippen LogP contribution < -0.4 is 0 Å². The summed E-state index contributed by atoms with van der Waals surface area (Å²) in [6.07, 6.45) is 0. The van der Waals surface area contributed by atoms with Gasteiger partial charge in [0.15, 0.2) is 0 Å². The number of rotatable bonds is 3. The van der Waals surface area contributed by atoms with Crippen molar-refractivity contribution in [2.45, 2.75) is 0 Å². The predicted molar refractivity (Wildman–Crippen MR) is 225 cm³/mol. The second-order valence-electron chi connectivity index (χ2n) is 14.1. The zero-order valence-electron chi connectivity index (χ0n) is 29.0. The standard InChI is InChI=1S/C50H29N3O/c1-2-14-31(15-3-1)47-39-21-10-11-24-42(39)51-50(52-47)53-48-34(32-26-27-43-41(29-32)45-33-16-5-4-13-30(33)25-28-44(45)54-43)22-12-23-40(48)46-37-19-8-6-17-35(37)36-18-7-9-20-38(36)49(46)53/h1-29H. The van der Waals surface area contributed by atoms with Crippen LogP contribution in [-0.2, 0) is 0 Å². The fourth-order valence-electron chi connectivity index (χ4n) is 8.85. The third kappa shape index (κ3) is 4.08. The van der Waals surface area contributed by atoms with E-state index in [1.54, 1.807) is 0 Å². The molecule has 0 amide bonds. The Kier molecular flexibility index (Phi) is 6.02. The van der Waals surface area contributed by atoms with E-state index in [2.05, 4.69) is 174 Å². The molecule has 0 aliphatic carbocycles. The third-order valence-electron chi connectivity index (χ3n) is 11.2. The van der Waals surface area contributed by atoms with Crippen molar-refractivity contribution in [2.75, 3.05) is 0 Å². The van der Waals surface area contributed by atoms with Crippen molar-refractivity contribution in [1.82, 2.24) is 14.5 Å². The lowest BCUT2D eigenvalue weighted by molar-refractivity contribution is 0.669. The molecular formula is C50H29N3O. The first-order valence-corrected chi connectivity index (χ1v) is 18.3. The highest BCUT2D eigenvalue weighted by atomic mass is 16.3. The van der Waals surface area contributed by atoms with Gasteiger partial charge >= 0.3 is 0 Å². The number of benzene rings is 9. The monoisotopic (exact) mass is 687 g/mol. The van der Waals surface area contributed by atoms with E-state index in [0.29, 0.717) is 5.95 Å². The van der Waals surface area contributed by atoms with Crippen molar-refractivity contribution in [2.24, 2.45) is 0 Å². The Labute approximate surface area is 309 Å². The molecule has 3 aromatic heterocycles. The van der Waals surface area contributed by atoms with Crippen molar-refractivity contribution < 1.29 is 4.42 Å². The summed E-state index contributed by atoms with van der Waals surface area (Å²) >= 11 is 0. The summed E-state index contributed by atoms with van der Waals surface area (Å²) < 4.78 is 8.78. The van der Waals surface area contributed by atoms with Gasteiger partial charge in [0.25, 0.3) is 0 Å². The van der Waals surface area contributed by atoms with Crippen LogP contribution in [0.15, 0.2) is 180 Å². The summed E-state index contributed by atoms with van der Waals surface area (Å²) in [6, 6.07) is 62.4. The Balaban J connectivity index is 1.27. The van der Waals surface area contributed by atoms with Gasteiger partial charge < -0.3 is 4.42 Å². The fraction of sp³-hybridized carbons (Fsp3) is 0. The first-order chi connectivity index (χ1) is 26.8. The Hall–Kier alpha value is -7.30. The molecule has 0 spiro atoms. The topological polar surface area (TPSA) is 43.9 Å². The van der Waals surface area contributed by atoms with Crippen LogP contribution in [0.4, 0.5) is 0 Å². The van der Waals surface area contributed by atoms with E-state index in [4.69, 9.17) is 14.4 Å². The number of hydrogen-bond donors (Lipinski definition) is 0. The highest BCUT2D eigenvalue weighted by Crippen LogP contribution is 2.46. The molecule has 0 bridgehead atoms. The summed E-state index contributed by atoms with van der Waals surface area (Å²) in [6.45, 7) is 0. The second-order valence-corrected chi connectivity index (χ2v) is 14.1. The minimum absolute atomic E-state index is 0.640. The Bertz CT molecular complexity index is 3500. The Morgan fingerprint density at radius 1 is 0.389 bits per heavy atom. The summed E-state index contributed by atoms with van der Waals surface area (Å²) in [7, 11) is 0. The lowest BCUT2D eigenvalue weighted by Crippen LogP contribution is -2.04. The van der Waals surface area contributed by atoms with Crippen molar-refractivity contribution in [3.63, 3.8) is 0 Å². The van der Waals surface area contributed by atoms with E-state index in [9.17, 15) is 0 Å². The maximum absolute atomic E-state index is 6.45. The lowest BCUT2D eigenvalue weighted by atomic mass is 9.95. The van der Waals surface area contributed by atoms with Crippen molar-refractivity contribution in [3.05, 3.63) is 176 Å². The van der Waals surface area contributed by atoms with Gasteiger partial charge in [0.2, 0.25) is 5.95 Å². The molecule has 12 aromatic rings. The lowest BCUT2D eigenvalue weighted by Gasteiger charge is -2.15. The SMILES string of the molecule is c1ccc(-c2nc(-n3c4c(-c5ccc6oc7ccc8ccccc8c7c6c5)cccc4c4c5ccccc5c5ccccc5c43)nc3ccccc23)cc1. The molecule has 0 saturated heterocycles. The molecule has 4 nitrogen and oxygen atoms in total. The smallest absolute Gasteiger partial charge is 0.235 e. The minimum Gasteiger partial charge on any atom is -0.456 e. The second kappa shape index (κ2) is 11.1. The van der Waals surface area contributed by atoms with Gasteiger partial charge in [0.05, 0.1) is 22.2 Å². The van der Waals surface area contributed by atoms with Gasteiger partial charge in [0.1, 0.15) is 11.2 Å². The summed E-state index contributed by atoms with van der Waals surface area (Å²) in [5, 5.41) is 12.8. The van der Waals surface area contributed by atoms with Crippen LogP contribution in [0.25, 0.3) is 115 Å². The van der Waals surface area contributed by atoms with Crippen LogP contribution in [0.1, 0.15) is 0 Å². The first kappa shape index (κ1) is 29.3. The number of furan rings is 1. The quantitative estimate of drug-likeness (QED) is 0.174. The minimum atomic E-state index is 0.640. The predicted octanol–water partition coefficient (Wildman–Crippen LogP) is 13.4. The highest BCUT2D eigenvalue weighted by Gasteiger charge is 2.24. The largest absolute Gasteiger partial charge is 0.456 e. The normalized spacial score (nSPS) is 12.1. The van der Waals surface area contributed by atoms with Crippen LogP contribution >= 0.6 is 0 Å². The number of nitrogens with zero attached hydrogens (tertiary/aromatic N) is 3.